The second kappa shape index (κ2) is 18.0. The third kappa shape index (κ3) is 9.16. The van der Waals surface area contributed by atoms with E-state index in [2.05, 4.69) is 0 Å². The first-order chi connectivity index (χ1) is 24.7. The molecule has 2 aliphatic heterocycles. The summed E-state index contributed by atoms with van der Waals surface area (Å²) in [6.45, 7) is 1.03. The number of rotatable bonds is 15. The SMILES string of the molecule is CCC(C)C(O)(C(=O)OCc1ccc(OC2OC(CO)C(O)C(O)C2O)cc1)C(O)C(=O)OCc1ccc(OC2OC(CO)C(O)C(O)C2O)cc1. The maximum Gasteiger partial charge on any atom is 0.342 e. The third-order valence-electron chi connectivity index (χ3n) is 9.13. The standard InChI is InChI=1S/C34H46O18/c1-3-16(2)34(46,33(45)48-15-18-6-10-20(11-7-18)50-32-28(42)26(40)24(38)22(13-36)52-32)29(43)30(44)47-14-17-4-8-19(9-5-17)49-31-27(41)25(39)23(37)21(12-35)51-31/h4-11,16,21-29,31-32,35-43,46H,3,12-15H2,1-2H3. The van der Waals surface area contributed by atoms with Crippen LogP contribution in [0.4, 0.5) is 0 Å². The highest BCUT2D eigenvalue weighted by atomic mass is 16.7. The summed E-state index contributed by atoms with van der Waals surface area (Å²) in [7, 11) is 0. The molecular formula is C34H46O18. The van der Waals surface area contributed by atoms with Crippen LogP contribution in [-0.2, 0) is 41.8 Å². The molecule has 290 valence electrons. The lowest BCUT2D eigenvalue weighted by Crippen LogP contribution is -2.60. The second-order valence-corrected chi connectivity index (χ2v) is 12.6. The molecule has 0 bridgehead atoms. The number of carbonyl (C=O) groups excluding carboxylic acids is 2. The van der Waals surface area contributed by atoms with Crippen molar-refractivity contribution in [2.75, 3.05) is 13.2 Å². The smallest absolute Gasteiger partial charge is 0.342 e. The average Bonchev–Trinajstić information content (AvgIpc) is 3.16. The van der Waals surface area contributed by atoms with Crippen LogP contribution in [0.2, 0.25) is 0 Å². The van der Waals surface area contributed by atoms with E-state index in [0.717, 1.165) is 0 Å². The van der Waals surface area contributed by atoms with E-state index in [4.69, 9.17) is 28.4 Å². The Bertz CT molecular complexity index is 1440. The van der Waals surface area contributed by atoms with Crippen LogP contribution in [0.1, 0.15) is 31.4 Å². The van der Waals surface area contributed by atoms with Gasteiger partial charge in [-0.3, -0.25) is 0 Å². The van der Waals surface area contributed by atoms with Crippen LogP contribution in [0.3, 0.4) is 0 Å². The summed E-state index contributed by atoms with van der Waals surface area (Å²) in [5.41, 5.74) is -1.89. The van der Waals surface area contributed by atoms with Gasteiger partial charge in [0.05, 0.1) is 13.2 Å². The Kier molecular flexibility index (Phi) is 14.3. The van der Waals surface area contributed by atoms with E-state index in [-0.39, 0.29) is 24.5 Å². The molecule has 0 amide bonds. The van der Waals surface area contributed by atoms with Gasteiger partial charge in [0.2, 0.25) is 18.2 Å². The zero-order valence-corrected chi connectivity index (χ0v) is 28.3. The van der Waals surface area contributed by atoms with Gasteiger partial charge in [0.1, 0.15) is 73.5 Å². The number of aliphatic hydroxyl groups excluding tert-OH is 9. The topological polar surface area (TPSA) is 292 Å². The van der Waals surface area contributed by atoms with Crippen molar-refractivity contribution in [1.82, 2.24) is 0 Å². The van der Waals surface area contributed by atoms with E-state index in [1.807, 2.05) is 0 Å². The zero-order chi connectivity index (χ0) is 38.3. The molecule has 2 heterocycles. The summed E-state index contributed by atoms with van der Waals surface area (Å²) in [5.74, 6) is -3.25. The van der Waals surface area contributed by atoms with Crippen LogP contribution in [0.15, 0.2) is 48.5 Å². The van der Waals surface area contributed by atoms with Gasteiger partial charge in [-0.2, -0.15) is 0 Å². The minimum absolute atomic E-state index is 0.157. The first-order valence-corrected chi connectivity index (χ1v) is 16.5. The Morgan fingerprint density at radius 1 is 0.692 bits per heavy atom. The lowest BCUT2D eigenvalue weighted by molar-refractivity contribution is -0.277. The molecule has 0 radical (unpaired) electrons. The number of esters is 2. The fourth-order valence-corrected chi connectivity index (χ4v) is 5.50. The van der Waals surface area contributed by atoms with Crippen LogP contribution in [0, 0.1) is 5.92 Å². The van der Waals surface area contributed by atoms with Gasteiger partial charge in [-0.1, -0.05) is 44.5 Å². The molecule has 0 spiro atoms. The van der Waals surface area contributed by atoms with E-state index < -0.39 is 111 Å². The van der Waals surface area contributed by atoms with Crippen molar-refractivity contribution in [2.45, 2.75) is 107 Å². The summed E-state index contributed by atoms with van der Waals surface area (Å²) < 4.78 is 32.2. The maximum absolute atomic E-state index is 13.2. The zero-order valence-electron chi connectivity index (χ0n) is 28.3. The molecule has 18 heteroatoms. The molecule has 2 aromatic carbocycles. The quantitative estimate of drug-likeness (QED) is 0.0812. The molecule has 18 nitrogen and oxygen atoms in total. The molecule has 52 heavy (non-hydrogen) atoms. The van der Waals surface area contributed by atoms with E-state index >= 15 is 0 Å². The van der Waals surface area contributed by atoms with Gasteiger partial charge >= 0.3 is 11.9 Å². The molecule has 13 unspecified atom stereocenters. The highest BCUT2D eigenvalue weighted by Gasteiger charge is 2.53. The van der Waals surface area contributed by atoms with Crippen LogP contribution in [-0.4, -0.2) is 149 Å². The highest BCUT2D eigenvalue weighted by molar-refractivity contribution is 5.89. The number of ether oxygens (including phenoxy) is 6. The summed E-state index contributed by atoms with van der Waals surface area (Å²) in [4.78, 5) is 26.1. The number of aliphatic hydroxyl groups is 10. The molecule has 4 rings (SSSR count). The van der Waals surface area contributed by atoms with Gasteiger partial charge < -0.3 is 79.5 Å². The summed E-state index contributed by atoms with van der Waals surface area (Å²) >= 11 is 0. The Balaban J connectivity index is 1.31. The van der Waals surface area contributed by atoms with Crippen molar-refractivity contribution >= 4 is 11.9 Å². The van der Waals surface area contributed by atoms with Gasteiger partial charge in [0, 0.05) is 0 Å². The van der Waals surface area contributed by atoms with E-state index in [1.54, 1.807) is 6.92 Å². The second-order valence-electron chi connectivity index (χ2n) is 12.6. The number of hydrogen-bond donors (Lipinski definition) is 10. The summed E-state index contributed by atoms with van der Waals surface area (Å²) in [6.07, 6.45) is -16.9. The molecule has 2 saturated heterocycles. The largest absolute Gasteiger partial charge is 0.462 e. The van der Waals surface area contributed by atoms with Crippen LogP contribution in [0.5, 0.6) is 11.5 Å². The number of carbonyl (C=O) groups is 2. The fraction of sp³-hybridized carbons (Fsp3) is 0.588. The molecule has 0 aliphatic carbocycles. The van der Waals surface area contributed by atoms with Crippen LogP contribution in [0.25, 0.3) is 0 Å². The molecule has 0 aromatic heterocycles. The predicted octanol–water partition coefficient (Wildman–Crippen LogP) is -3.03. The van der Waals surface area contributed by atoms with E-state index in [0.29, 0.717) is 11.1 Å². The third-order valence-corrected chi connectivity index (χ3v) is 9.13. The van der Waals surface area contributed by atoms with Crippen molar-refractivity contribution in [3.63, 3.8) is 0 Å². The first-order valence-electron chi connectivity index (χ1n) is 16.5. The van der Waals surface area contributed by atoms with Crippen molar-refractivity contribution < 1.29 is 89.1 Å². The van der Waals surface area contributed by atoms with E-state index in [1.165, 1.54) is 55.5 Å². The van der Waals surface area contributed by atoms with Crippen LogP contribution < -0.4 is 9.47 Å². The highest BCUT2D eigenvalue weighted by Crippen LogP contribution is 2.30. The predicted molar refractivity (Wildman–Crippen MR) is 172 cm³/mol. The first kappa shape index (κ1) is 41.3. The molecule has 2 aromatic rings. The van der Waals surface area contributed by atoms with Crippen molar-refractivity contribution in [1.29, 1.82) is 0 Å². The minimum atomic E-state index is -2.69. The van der Waals surface area contributed by atoms with E-state index in [9.17, 15) is 60.7 Å². The van der Waals surface area contributed by atoms with Crippen molar-refractivity contribution in [3.05, 3.63) is 59.7 Å². The normalized spacial score (nSPS) is 31.5. The van der Waals surface area contributed by atoms with Gasteiger partial charge in [0.25, 0.3) is 0 Å². The van der Waals surface area contributed by atoms with Crippen molar-refractivity contribution in [2.24, 2.45) is 5.92 Å². The Labute approximate surface area is 297 Å². The fourth-order valence-electron chi connectivity index (χ4n) is 5.50. The lowest BCUT2D eigenvalue weighted by Gasteiger charge is -2.39. The maximum atomic E-state index is 13.2. The minimum Gasteiger partial charge on any atom is -0.462 e. The monoisotopic (exact) mass is 742 g/mol. The number of hydrogen-bond acceptors (Lipinski definition) is 18. The molecule has 2 aliphatic rings. The van der Waals surface area contributed by atoms with Crippen molar-refractivity contribution in [3.8, 4) is 11.5 Å². The molecule has 0 saturated carbocycles. The van der Waals surface area contributed by atoms with Gasteiger partial charge in [-0.05, 0) is 41.3 Å². The number of benzene rings is 2. The molecule has 13 atom stereocenters. The molecule has 2 fully saturated rings. The van der Waals surface area contributed by atoms with Gasteiger partial charge in [-0.25, -0.2) is 9.59 Å². The molecular weight excluding hydrogens is 696 g/mol. The average molecular weight is 743 g/mol. The Morgan fingerprint density at radius 2 is 1.10 bits per heavy atom. The summed E-state index contributed by atoms with van der Waals surface area (Å²) in [5, 5.41) is 101. The van der Waals surface area contributed by atoms with Gasteiger partial charge in [-0.15, -0.1) is 0 Å². The van der Waals surface area contributed by atoms with Crippen LogP contribution >= 0.6 is 0 Å². The lowest BCUT2D eigenvalue weighted by atomic mass is 9.82. The Hall–Kier alpha value is -3.50. The summed E-state index contributed by atoms with van der Waals surface area (Å²) in [6, 6.07) is 11.6. The molecule has 10 N–H and O–H groups in total. The van der Waals surface area contributed by atoms with Gasteiger partial charge in [0.15, 0.2) is 6.10 Å². The Morgan fingerprint density at radius 3 is 1.48 bits per heavy atom.